The minimum absolute atomic E-state index is 0.261. The zero-order chi connectivity index (χ0) is 32.2. The molecule has 3 aromatic rings. The van der Waals surface area contributed by atoms with Crippen molar-refractivity contribution >= 4 is 5.91 Å². The molecule has 0 fully saturated rings. The number of amides is 1. The normalized spacial score (nSPS) is 14.4. The average Bonchev–Trinajstić information content (AvgIpc) is 2.88. The van der Waals surface area contributed by atoms with Crippen molar-refractivity contribution in [1.29, 1.82) is 0 Å². The lowest BCUT2D eigenvalue weighted by Gasteiger charge is -2.38. The van der Waals surface area contributed by atoms with E-state index in [1.54, 1.807) is 18.2 Å². The monoisotopic (exact) mass is 622 g/mol. The highest BCUT2D eigenvalue weighted by atomic mass is 19.4. The van der Waals surface area contributed by atoms with E-state index in [-0.39, 0.29) is 5.56 Å². The highest BCUT2D eigenvalue weighted by molar-refractivity contribution is 5.83. The molecule has 0 aliphatic heterocycles. The molecular weight excluding hydrogens is 595 g/mol. The summed E-state index contributed by atoms with van der Waals surface area (Å²) in [5, 5.41) is 2.34. The van der Waals surface area contributed by atoms with Gasteiger partial charge in [0.1, 0.15) is 17.1 Å². The predicted octanol–water partition coefficient (Wildman–Crippen LogP) is 6.87. The summed E-state index contributed by atoms with van der Waals surface area (Å²) in [4.78, 5) is 13.2. The summed E-state index contributed by atoms with van der Waals surface area (Å²) in [6.45, 7) is 3.06. The van der Waals surface area contributed by atoms with Crippen LogP contribution in [0.1, 0.15) is 37.0 Å². The van der Waals surface area contributed by atoms with E-state index in [1.807, 2.05) is 0 Å². The predicted molar refractivity (Wildman–Crippen MR) is 138 cm³/mol. The molecule has 0 aliphatic rings. The first-order valence-corrected chi connectivity index (χ1v) is 12.7. The van der Waals surface area contributed by atoms with Crippen molar-refractivity contribution in [2.75, 3.05) is 0 Å². The fraction of sp³-hybridized carbons (Fsp3) is 0.345. The number of carbonyl (C=O) groups is 1. The van der Waals surface area contributed by atoms with E-state index in [0.717, 1.165) is 12.1 Å². The quantitative estimate of drug-likeness (QED) is 0.216. The van der Waals surface area contributed by atoms with E-state index < -0.39 is 83.8 Å². The smallest absolute Gasteiger partial charge is 0.461 e. The Morgan fingerprint density at radius 1 is 0.884 bits per heavy atom. The Labute approximate surface area is 240 Å². The molecule has 0 aromatic heterocycles. The Morgan fingerprint density at radius 2 is 1.53 bits per heavy atom. The molecule has 0 aliphatic carbocycles. The van der Waals surface area contributed by atoms with Gasteiger partial charge in [0.25, 0.3) is 0 Å². The molecule has 0 saturated carbocycles. The number of rotatable bonds is 12. The van der Waals surface area contributed by atoms with Crippen LogP contribution in [-0.2, 0) is 16.8 Å². The number of ether oxygens (including phenoxy) is 2. The topological polar surface area (TPSA) is 73.6 Å². The van der Waals surface area contributed by atoms with Gasteiger partial charge in [-0.2, -0.15) is 30.7 Å². The molecule has 1 unspecified atom stereocenters. The van der Waals surface area contributed by atoms with Crippen molar-refractivity contribution in [1.82, 2.24) is 5.32 Å². The van der Waals surface area contributed by atoms with Gasteiger partial charge in [-0.1, -0.05) is 42.5 Å². The van der Waals surface area contributed by atoms with Crippen molar-refractivity contribution in [2.24, 2.45) is 5.73 Å². The van der Waals surface area contributed by atoms with E-state index in [2.05, 4.69) is 10.1 Å². The zero-order valence-electron chi connectivity index (χ0n) is 22.7. The van der Waals surface area contributed by atoms with Gasteiger partial charge >= 0.3 is 18.7 Å². The summed E-state index contributed by atoms with van der Waals surface area (Å²) in [7, 11) is 0. The number of hydrogen-bond acceptors (Lipinski definition) is 4. The maximum absolute atomic E-state index is 15.9. The van der Waals surface area contributed by atoms with Crippen LogP contribution >= 0.6 is 0 Å². The Balaban J connectivity index is 2.34. The number of benzene rings is 3. The van der Waals surface area contributed by atoms with Crippen molar-refractivity contribution in [2.45, 2.75) is 63.1 Å². The van der Waals surface area contributed by atoms with Gasteiger partial charge < -0.3 is 20.5 Å². The lowest BCUT2D eigenvalue weighted by molar-refractivity contribution is -0.253. The van der Waals surface area contributed by atoms with Gasteiger partial charge in [-0.25, -0.2) is 8.78 Å². The minimum Gasteiger partial charge on any atom is -0.488 e. The summed E-state index contributed by atoms with van der Waals surface area (Å²) in [6, 6.07) is 10.8. The third-order valence-electron chi connectivity index (χ3n) is 6.13. The van der Waals surface area contributed by atoms with E-state index in [0.29, 0.717) is 17.7 Å². The second kappa shape index (κ2) is 13.1. The van der Waals surface area contributed by atoms with Crippen molar-refractivity contribution < 1.29 is 53.8 Å². The summed E-state index contributed by atoms with van der Waals surface area (Å²) in [5.41, 5.74) is 2.80. The summed E-state index contributed by atoms with van der Waals surface area (Å²) < 4.78 is 133. The van der Waals surface area contributed by atoms with E-state index in [4.69, 9.17) is 10.5 Å². The van der Waals surface area contributed by atoms with Crippen LogP contribution < -0.4 is 20.5 Å². The first kappa shape index (κ1) is 33.6. The molecule has 234 valence electrons. The fourth-order valence-electron chi connectivity index (χ4n) is 4.37. The van der Waals surface area contributed by atoms with Crippen molar-refractivity contribution in [3.63, 3.8) is 0 Å². The van der Waals surface area contributed by atoms with Gasteiger partial charge in [0.2, 0.25) is 5.91 Å². The molecule has 43 heavy (non-hydrogen) atoms. The minimum atomic E-state index is -4.99. The largest absolute Gasteiger partial charge is 0.488 e. The first-order valence-electron chi connectivity index (χ1n) is 12.7. The second-order valence-electron chi connectivity index (χ2n) is 9.87. The highest BCUT2D eigenvalue weighted by Crippen LogP contribution is 2.43. The first-order chi connectivity index (χ1) is 19.9. The Kier molecular flexibility index (Phi) is 10.3. The maximum Gasteiger partial charge on any atom is 0.461 e. The van der Waals surface area contributed by atoms with Gasteiger partial charge in [-0.15, -0.1) is 0 Å². The second-order valence-corrected chi connectivity index (χ2v) is 9.87. The molecule has 2 atom stereocenters. The number of para-hydroxylation sites is 1. The molecule has 0 spiro atoms. The van der Waals surface area contributed by atoms with Crippen LogP contribution in [0.2, 0.25) is 0 Å². The van der Waals surface area contributed by atoms with Crippen LogP contribution in [-0.4, -0.2) is 36.8 Å². The lowest BCUT2D eigenvalue weighted by atomic mass is 9.76. The SMILES string of the molecule is CC(C)Oc1c(F)cccc1[C@@](Cc1ccccc1)(NC(=O)C(N)CC(F)(F)F)c1ccc(OC(F)(F)C(F)F)cc1F. The van der Waals surface area contributed by atoms with Gasteiger partial charge in [0.15, 0.2) is 11.6 Å². The van der Waals surface area contributed by atoms with Crippen LogP contribution in [0.5, 0.6) is 11.5 Å². The maximum atomic E-state index is 15.9. The number of hydrogen-bond donors (Lipinski definition) is 2. The van der Waals surface area contributed by atoms with E-state index in [1.165, 1.54) is 38.1 Å². The van der Waals surface area contributed by atoms with Crippen molar-refractivity contribution in [3.8, 4) is 11.5 Å². The van der Waals surface area contributed by atoms with Gasteiger partial charge in [-0.3, -0.25) is 4.79 Å². The lowest BCUT2D eigenvalue weighted by Crippen LogP contribution is -2.55. The number of alkyl halides is 7. The number of nitrogens with one attached hydrogen (secondary N) is 1. The number of nitrogens with two attached hydrogens (primary N) is 1. The van der Waals surface area contributed by atoms with Crippen LogP contribution in [0.15, 0.2) is 66.7 Å². The van der Waals surface area contributed by atoms with Crippen LogP contribution in [0, 0.1) is 11.6 Å². The van der Waals surface area contributed by atoms with Crippen LogP contribution in [0.3, 0.4) is 0 Å². The van der Waals surface area contributed by atoms with Gasteiger partial charge in [-0.05, 0) is 37.6 Å². The van der Waals surface area contributed by atoms with Crippen LogP contribution in [0.25, 0.3) is 0 Å². The molecule has 3 aromatic carbocycles. The molecule has 5 nitrogen and oxygen atoms in total. The van der Waals surface area contributed by atoms with Crippen LogP contribution in [0.4, 0.5) is 39.5 Å². The van der Waals surface area contributed by atoms with Gasteiger partial charge in [0, 0.05) is 23.6 Å². The number of halogens is 9. The molecule has 3 rings (SSSR count). The molecule has 14 heteroatoms. The highest BCUT2D eigenvalue weighted by Gasteiger charge is 2.46. The summed E-state index contributed by atoms with van der Waals surface area (Å²) in [5.74, 6) is -5.34. The Morgan fingerprint density at radius 3 is 2.09 bits per heavy atom. The van der Waals surface area contributed by atoms with E-state index in [9.17, 15) is 35.5 Å². The third-order valence-corrected chi connectivity index (χ3v) is 6.13. The zero-order valence-corrected chi connectivity index (χ0v) is 22.7. The van der Waals surface area contributed by atoms with E-state index >= 15 is 8.78 Å². The average molecular weight is 623 g/mol. The Bertz CT molecular complexity index is 1400. The van der Waals surface area contributed by atoms with Gasteiger partial charge in [0.05, 0.1) is 18.6 Å². The molecule has 0 bridgehead atoms. The molecule has 3 N–H and O–H groups in total. The molecule has 1 amide bonds. The Hall–Kier alpha value is -3.94. The van der Waals surface area contributed by atoms with Crippen molar-refractivity contribution in [3.05, 3.63) is 95.1 Å². The molecule has 0 radical (unpaired) electrons. The molecule has 0 heterocycles. The summed E-state index contributed by atoms with van der Waals surface area (Å²) >= 11 is 0. The standard InChI is InChI=1S/C29H27F9N2O3/c1-16(2)42-24-20(9-6-10-21(24)30)27(14-17-7-4-3-5-8-17,40-25(41)23(39)15-28(34,35)36)19-12-11-18(13-22(19)31)43-29(37,38)26(32)33/h3-13,16,23,26H,14-15,39H2,1-2H3,(H,40,41)/t23?,27-/m0/s1. The third kappa shape index (κ3) is 8.33. The summed E-state index contributed by atoms with van der Waals surface area (Å²) in [6.07, 6.45) is -17.0. The fourth-order valence-corrected chi connectivity index (χ4v) is 4.37. The number of carbonyl (C=O) groups excluding carboxylic acids is 1. The molecule has 0 saturated heterocycles. The molecular formula is C29H27F9N2O3.